The van der Waals surface area contributed by atoms with Crippen molar-refractivity contribution in [2.24, 2.45) is 0 Å². The van der Waals surface area contributed by atoms with Crippen LogP contribution in [0.15, 0.2) is 206 Å². The van der Waals surface area contributed by atoms with E-state index in [9.17, 15) is 0 Å². The highest BCUT2D eigenvalue weighted by Gasteiger charge is 2.47. The molecule has 0 unspecified atom stereocenters. The Morgan fingerprint density at radius 2 is 0.702 bits per heavy atom. The lowest BCUT2D eigenvalue weighted by atomic mass is 9.65. The summed E-state index contributed by atoms with van der Waals surface area (Å²) in [4.78, 5) is 10.2. The molecule has 0 fully saturated rings. The minimum atomic E-state index is -0.455. The van der Waals surface area contributed by atoms with Crippen LogP contribution in [0, 0.1) is 13.8 Å². The van der Waals surface area contributed by atoms with E-state index in [2.05, 4.69) is 196 Å². The van der Waals surface area contributed by atoms with Gasteiger partial charge in [0.1, 0.15) is 0 Å². The third kappa shape index (κ3) is 5.89. The lowest BCUT2D eigenvalue weighted by molar-refractivity contribution is 0.754. The van der Waals surface area contributed by atoms with Gasteiger partial charge in [-0.05, 0) is 92.7 Å². The SMILES string of the molecule is Cc1ccccc1C1(c2cc(-c3ccc(-c4cc(-c5ccc(-c6ccccc6)cc5)nc(-c5ccccc5)n4)cc3)ccc2C)c2ccccc2-c2ccccc21. The van der Waals surface area contributed by atoms with Crippen molar-refractivity contribution in [1.82, 2.24) is 9.97 Å². The Morgan fingerprint density at radius 3 is 1.26 bits per heavy atom. The van der Waals surface area contributed by atoms with Crippen LogP contribution < -0.4 is 0 Å². The van der Waals surface area contributed by atoms with E-state index in [1.54, 1.807) is 0 Å². The number of hydrogen-bond acceptors (Lipinski definition) is 2. The third-order valence-corrected chi connectivity index (χ3v) is 11.7. The molecule has 0 spiro atoms. The summed E-state index contributed by atoms with van der Waals surface area (Å²) in [6.07, 6.45) is 0. The molecule has 9 aromatic rings. The first kappa shape index (κ1) is 34.3. The van der Waals surface area contributed by atoms with E-state index in [1.165, 1.54) is 61.2 Å². The number of fused-ring (bicyclic) bond motifs is 3. The van der Waals surface area contributed by atoms with Crippen LogP contribution in [0.1, 0.15) is 33.4 Å². The van der Waals surface area contributed by atoms with Crippen molar-refractivity contribution >= 4 is 0 Å². The number of nitrogens with zero attached hydrogens (tertiary/aromatic N) is 2. The highest BCUT2D eigenvalue weighted by atomic mass is 14.9. The second kappa shape index (κ2) is 14.2. The molecule has 8 aromatic carbocycles. The maximum atomic E-state index is 5.13. The fraction of sp³-hybridized carbons (Fsp3) is 0.0545. The monoisotopic (exact) mass is 728 g/mol. The quantitative estimate of drug-likeness (QED) is 0.163. The third-order valence-electron chi connectivity index (χ3n) is 11.7. The predicted molar refractivity (Wildman–Crippen MR) is 236 cm³/mol. The summed E-state index contributed by atoms with van der Waals surface area (Å²) in [7, 11) is 0. The standard InChI is InChI=1S/C55H40N2/c1-37-15-9-12-22-48(37)55(49-23-13-10-20-46(49)47-21-11-14-24-50(47)55)51-35-45(26-25-38(51)2)41-29-33-43(34-30-41)53-36-52(56-54(57-53)44-18-7-4-8-19-44)42-31-27-40(28-32-42)39-16-5-3-6-17-39/h3-36H,1-2H3. The zero-order valence-corrected chi connectivity index (χ0v) is 32.0. The van der Waals surface area contributed by atoms with Gasteiger partial charge >= 0.3 is 0 Å². The maximum Gasteiger partial charge on any atom is 0.160 e. The number of benzene rings is 8. The maximum absolute atomic E-state index is 5.13. The Hall–Kier alpha value is -7.16. The molecule has 1 aromatic heterocycles. The summed E-state index contributed by atoms with van der Waals surface area (Å²) in [5, 5.41) is 0. The van der Waals surface area contributed by atoms with Gasteiger partial charge in [-0.25, -0.2) is 9.97 Å². The number of hydrogen-bond donors (Lipinski definition) is 0. The van der Waals surface area contributed by atoms with Crippen LogP contribution in [-0.2, 0) is 5.41 Å². The van der Waals surface area contributed by atoms with Crippen molar-refractivity contribution in [2.75, 3.05) is 0 Å². The minimum absolute atomic E-state index is 0.455. The molecule has 2 heteroatoms. The average Bonchev–Trinajstić information content (AvgIpc) is 3.58. The first-order valence-electron chi connectivity index (χ1n) is 19.7. The van der Waals surface area contributed by atoms with Gasteiger partial charge in [-0.1, -0.05) is 194 Å². The molecule has 0 saturated carbocycles. The van der Waals surface area contributed by atoms with Crippen molar-refractivity contribution in [3.8, 4) is 67.3 Å². The van der Waals surface area contributed by atoms with E-state index < -0.39 is 5.41 Å². The summed E-state index contributed by atoms with van der Waals surface area (Å²) in [6, 6.07) is 74.2. The number of aromatic nitrogens is 2. The smallest absolute Gasteiger partial charge is 0.160 e. The summed E-state index contributed by atoms with van der Waals surface area (Å²) in [5.41, 5.74) is 19.6. The van der Waals surface area contributed by atoms with Crippen LogP contribution in [0.25, 0.3) is 67.3 Å². The number of rotatable bonds is 7. The molecule has 0 radical (unpaired) electrons. The Kier molecular flexibility index (Phi) is 8.53. The summed E-state index contributed by atoms with van der Waals surface area (Å²) >= 11 is 0. The van der Waals surface area contributed by atoms with Gasteiger partial charge < -0.3 is 0 Å². The van der Waals surface area contributed by atoms with E-state index in [-0.39, 0.29) is 0 Å². The van der Waals surface area contributed by atoms with E-state index in [1.807, 2.05) is 24.3 Å². The second-order valence-electron chi connectivity index (χ2n) is 15.0. The summed E-state index contributed by atoms with van der Waals surface area (Å²) < 4.78 is 0. The molecule has 2 nitrogen and oxygen atoms in total. The van der Waals surface area contributed by atoms with Crippen molar-refractivity contribution in [3.05, 3.63) is 240 Å². The molecule has 1 aliphatic carbocycles. The molecule has 0 N–H and O–H groups in total. The van der Waals surface area contributed by atoms with Crippen LogP contribution in [0.5, 0.6) is 0 Å². The van der Waals surface area contributed by atoms with Crippen molar-refractivity contribution in [1.29, 1.82) is 0 Å². The van der Waals surface area contributed by atoms with Gasteiger partial charge in [0.15, 0.2) is 5.82 Å². The molecule has 1 heterocycles. The Labute approximate surface area is 334 Å². The van der Waals surface area contributed by atoms with Gasteiger partial charge in [-0.3, -0.25) is 0 Å². The van der Waals surface area contributed by atoms with Crippen LogP contribution in [0.2, 0.25) is 0 Å². The zero-order valence-electron chi connectivity index (χ0n) is 32.0. The van der Waals surface area contributed by atoms with Crippen molar-refractivity contribution in [2.45, 2.75) is 19.3 Å². The molecule has 0 saturated heterocycles. The van der Waals surface area contributed by atoms with Crippen LogP contribution >= 0.6 is 0 Å². The van der Waals surface area contributed by atoms with Gasteiger partial charge in [0, 0.05) is 16.7 Å². The Bertz CT molecular complexity index is 2850. The van der Waals surface area contributed by atoms with Gasteiger partial charge in [0.05, 0.1) is 16.8 Å². The van der Waals surface area contributed by atoms with E-state index in [0.717, 1.165) is 33.6 Å². The molecule has 0 bridgehead atoms. The van der Waals surface area contributed by atoms with Gasteiger partial charge in [0.2, 0.25) is 0 Å². The predicted octanol–water partition coefficient (Wildman–Crippen LogP) is 13.8. The summed E-state index contributed by atoms with van der Waals surface area (Å²) in [6.45, 7) is 4.51. The number of aryl methyl sites for hydroxylation is 2. The fourth-order valence-electron chi connectivity index (χ4n) is 8.92. The first-order valence-corrected chi connectivity index (χ1v) is 19.7. The van der Waals surface area contributed by atoms with E-state index in [4.69, 9.17) is 9.97 Å². The molecule has 0 aliphatic heterocycles. The van der Waals surface area contributed by atoms with E-state index in [0.29, 0.717) is 5.82 Å². The molecular formula is C55H40N2. The Balaban J connectivity index is 1.07. The largest absolute Gasteiger partial charge is 0.228 e. The molecule has 1 aliphatic rings. The first-order chi connectivity index (χ1) is 28.1. The molecule has 10 rings (SSSR count). The van der Waals surface area contributed by atoms with Crippen molar-refractivity contribution < 1.29 is 0 Å². The zero-order chi connectivity index (χ0) is 38.3. The highest BCUT2D eigenvalue weighted by molar-refractivity contribution is 5.87. The average molecular weight is 729 g/mol. The van der Waals surface area contributed by atoms with Crippen molar-refractivity contribution in [3.63, 3.8) is 0 Å². The van der Waals surface area contributed by atoms with Gasteiger partial charge in [-0.15, -0.1) is 0 Å². The van der Waals surface area contributed by atoms with Crippen LogP contribution in [0.4, 0.5) is 0 Å². The van der Waals surface area contributed by atoms with Crippen LogP contribution in [0.3, 0.4) is 0 Å². The topological polar surface area (TPSA) is 25.8 Å². The Morgan fingerprint density at radius 1 is 0.298 bits per heavy atom. The lowest BCUT2D eigenvalue weighted by Gasteiger charge is -2.36. The fourth-order valence-corrected chi connectivity index (χ4v) is 8.92. The second-order valence-corrected chi connectivity index (χ2v) is 15.0. The highest BCUT2D eigenvalue weighted by Crippen LogP contribution is 2.57. The van der Waals surface area contributed by atoms with Crippen LogP contribution in [-0.4, -0.2) is 9.97 Å². The molecule has 0 amide bonds. The normalized spacial score (nSPS) is 12.5. The summed E-state index contributed by atoms with van der Waals surface area (Å²) in [5.74, 6) is 0.709. The molecule has 0 atom stereocenters. The minimum Gasteiger partial charge on any atom is -0.228 e. The van der Waals surface area contributed by atoms with E-state index >= 15 is 0 Å². The van der Waals surface area contributed by atoms with Gasteiger partial charge in [-0.2, -0.15) is 0 Å². The molecular weight excluding hydrogens is 689 g/mol. The molecule has 57 heavy (non-hydrogen) atoms. The molecule has 270 valence electrons. The lowest BCUT2D eigenvalue weighted by Crippen LogP contribution is -2.30. The van der Waals surface area contributed by atoms with Gasteiger partial charge in [0.25, 0.3) is 0 Å².